The van der Waals surface area contributed by atoms with Crippen molar-refractivity contribution in [2.24, 2.45) is 0 Å². The zero-order chi connectivity index (χ0) is 17.0. The molecule has 124 valence electrons. The number of aromatic nitrogens is 3. The van der Waals surface area contributed by atoms with Gasteiger partial charge in [-0.05, 0) is 29.7 Å². The molecular formula is C19H15BrN4O. The number of hydrogen-bond acceptors (Lipinski definition) is 3. The lowest BCUT2D eigenvalue weighted by Crippen LogP contribution is -2.47. The second-order valence-corrected chi connectivity index (χ2v) is 7.35. The van der Waals surface area contributed by atoms with Crippen LogP contribution in [0.1, 0.15) is 22.9 Å². The van der Waals surface area contributed by atoms with Crippen molar-refractivity contribution in [3.8, 4) is 11.3 Å². The number of halogens is 1. The van der Waals surface area contributed by atoms with Crippen molar-refractivity contribution in [1.29, 1.82) is 0 Å². The molecule has 3 heterocycles. The van der Waals surface area contributed by atoms with Crippen LogP contribution in [0.15, 0.2) is 53.0 Å². The Bertz CT molecular complexity index is 982. The average molecular weight is 395 g/mol. The minimum absolute atomic E-state index is 0.104. The number of fused-ring (bicyclic) bond motifs is 5. The van der Waals surface area contributed by atoms with Crippen LogP contribution in [-0.2, 0) is 17.8 Å². The molecular weight excluding hydrogens is 380 g/mol. The summed E-state index contributed by atoms with van der Waals surface area (Å²) in [5.41, 5.74) is 5.33. The number of amides is 1. The van der Waals surface area contributed by atoms with E-state index in [0.717, 1.165) is 40.0 Å². The van der Waals surface area contributed by atoms with Gasteiger partial charge in [-0.1, -0.05) is 57.5 Å². The monoisotopic (exact) mass is 394 g/mol. The first-order valence-electron chi connectivity index (χ1n) is 8.29. The molecule has 0 aliphatic carbocycles. The van der Waals surface area contributed by atoms with Gasteiger partial charge in [-0.3, -0.25) is 4.79 Å². The fourth-order valence-corrected chi connectivity index (χ4v) is 4.26. The van der Waals surface area contributed by atoms with Crippen molar-refractivity contribution >= 4 is 21.8 Å². The predicted octanol–water partition coefficient (Wildman–Crippen LogP) is 3.20. The molecule has 0 bridgehead atoms. The van der Waals surface area contributed by atoms with Gasteiger partial charge in [0.2, 0.25) is 5.91 Å². The number of rotatable bonds is 1. The summed E-state index contributed by atoms with van der Waals surface area (Å²) in [5, 5.41) is 8.69. The van der Waals surface area contributed by atoms with Crippen LogP contribution in [0.5, 0.6) is 0 Å². The summed E-state index contributed by atoms with van der Waals surface area (Å²) in [4.78, 5) is 14.6. The molecule has 1 aromatic heterocycles. The minimum Gasteiger partial charge on any atom is -0.328 e. The fraction of sp³-hybridized carbons (Fsp3) is 0.211. The quantitative estimate of drug-likeness (QED) is 0.636. The van der Waals surface area contributed by atoms with Crippen molar-refractivity contribution in [1.82, 2.24) is 19.9 Å². The van der Waals surface area contributed by atoms with E-state index in [1.165, 1.54) is 5.56 Å². The van der Waals surface area contributed by atoms with Crippen molar-refractivity contribution in [3.05, 3.63) is 69.8 Å². The Kier molecular flexibility index (Phi) is 3.28. The van der Waals surface area contributed by atoms with E-state index in [1.807, 2.05) is 35.2 Å². The van der Waals surface area contributed by atoms with E-state index in [1.54, 1.807) is 4.68 Å². The van der Waals surface area contributed by atoms with Gasteiger partial charge in [0, 0.05) is 16.6 Å². The molecule has 1 atom stereocenters. The van der Waals surface area contributed by atoms with E-state index in [-0.39, 0.29) is 18.5 Å². The Morgan fingerprint density at radius 1 is 1.12 bits per heavy atom. The van der Waals surface area contributed by atoms with Crippen molar-refractivity contribution < 1.29 is 4.79 Å². The summed E-state index contributed by atoms with van der Waals surface area (Å²) in [6.45, 7) is 0.993. The molecule has 5 rings (SSSR count). The molecule has 0 saturated heterocycles. The summed E-state index contributed by atoms with van der Waals surface area (Å²) in [7, 11) is 0. The minimum atomic E-state index is -0.132. The maximum atomic E-state index is 12.7. The first-order chi connectivity index (χ1) is 12.2. The molecule has 5 nitrogen and oxygen atoms in total. The Morgan fingerprint density at radius 2 is 1.96 bits per heavy atom. The number of carbonyl (C=O) groups is 1. The third-order valence-electron chi connectivity index (χ3n) is 5.02. The topological polar surface area (TPSA) is 51.0 Å². The van der Waals surface area contributed by atoms with Crippen LogP contribution in [0.3, 0.4) is 0 Å². The SMILES string of the molecule is O=C1Cn2nnc(-c3ccccc3)c2C2c3cc(Br)ccc3CCN12. The first-order valence-corrected chi connectivity index (χ1v) is 9.08. The molecule has 2 aliphatic heterocycles. The highest BCUT2D eigenvalue weighted by Crippen LogP contribution is 2.41. The molecule has 0 radical (unpaired) electrons. The van der Waals surface area contributed by atoms with Crippen LogP contribution in [0.4, 0.5) is 0 Å². The zero-order valence-electron chi connectivity index (χ0n) is 13.4. The highest BCUT2D eigenvalue weighted by molar-refractivity contribution is 9.10. The number of nitrogens with zero attached hydrogens (tertiary/aromatic N) is 4. The van der Waals surface area contributed by atoms with Gasteiger partial charge in [0.25, 0.3) is 0 Å². The zero-order valence-corrected chi connectivity index (χ0v) is 15.0. The predicted molar refractivity (Wildman–Crippen MR) is 96.9 cm³/mol. The van der Waals surface area contributed by atoms with E-state index in [4.69, 9.17) is 0 Å². The highest BCUT2D eigenvalue weighted by Gasteiger charge is 2.40. The fourth-order valence-electron chi connectivity index (χ4n) is 3.88. The molecule has 2 aromatic carbocycles. The van der Waals surface area contributed by atoms with Gasteiger partial charge in [-0.25, -0.2) is 4.68 Å². The van der Waals surface area contributed by atoms with Crippen LogP contribution < -0.4 is 0 Å². The maximum absolute atomic E-state index is 12.7. The average Bonchev–Trinajstić information content (AvgIpc) is 3.05. The summed E-state index contributed by atoms with van der Waals surface area (Å²) >= 11 is 3.57. The van der Waals surface area contributed by atoms with Gasteiger partial charge in [0.1, 0.15) is 18.3 Å². The first kappa shape index (κ1) is 14.8. The molecule has 1 amide bonds. The second-order valence-electron chi connectivity index (χ2n) is 6.43. The normalized spacial score (nSPS) is 18.5. The van der Waals surface area contributed by atoms with Crippen LogP contribution in [0, 0.1) is 0 Å². The van der Waals surface area contributed by atoms with Crippen LogP contribution in [0.2, 0.25) is 0 Å². The Hall–Kier alpha value is -2.47. The summed E-state index contributed by atoms with van der Waals surface area (Å²) in [6, 6.07) is 16.3. The lowest BCUT2D eigenvalue weighted by molar-refractivity contribution is -0.136. The molecule has 6 heteroatoms. The molecule has 0 N–H and O–H groups in total. The third-order valence-corrected chi connectivity index (χ3v) is 5.51. The van der Waals surface area contributed by atoms with Gasteiger partial charge < -0.3 is 4.90 Å². The summed E-state index contributed by atoms with van der Waals surface area (Å²) in [6.07, 6.45) is 0.882. The highest BCUT2D eigenvalue weighted by atomic mass is 79.9. The summed E-state index contributed by atoms with van der Waals surface area (Å²) in [5.74, 6) is 0.104. The standard InChI is InChI=1S/C19H15BrN4O/c20-14-7-6-12-8-9-23-16(25)11-24-19(18(23)15(12)10-14)17(21-22-24)13-4-2-1-3-5-13/h1-7,10,18H,8-9,11H2. The van der Waals surface area contributed by atoms with E-state index in [2.05, 4.69) is 44.4 Å². The van der Waals surface area contributed by atoms with Crippen molar-refractivity contribution in [3.63, 3.8) is 0 Å². The van der Waals surface area contributed by atoms with Gasteiger partial charge in [0.05, 0.1) is 5.69 Å². The van der Waals surface area contributed by atoms with Gasteiger partial charge >= 0.3 is 0 Å². The Labute approximate surface area is 153 Å². The largest absolute Gasteiger partial charge is 0.328 e. The molecule has 2 aliphatic rings. The van der Waals surface area contributed by atoms with Gasteiger partial charge in [0.15, 0.2) is 0 Å². The smallest absolute Gasteiger partial charge is 0.245 e. The van der Waals surface area contributed by atoms with Crippen molar-refractivity contribution in [2.75, 3.05) is 6.54 Å². The van der Waals surface area contributed by atoms with Crippen LogP contribution in [-0.4, -0.2) is 32.3 Å². The molecule has 0 saturated carbocycles. The van der Waals surface area contributed by atoms with E-state index in [9.17, 15) is 4.79 Å². The Morgan fingerprint density at radius 3 is 2.80 bits per heavy atom. The maximum Gasteiger partial charge on any atom is 0.245 e. The third kappa shape index (κ3) is 2.24. The Balaban J connectivity index is 1.76. The molecule has 1 unspecified atom stereocenters. The second kappa shape index (κ2) is 5.52. The molecule has 0 fully saturated rings. The number of carbonyl (C=O) groups excluding carboxylic acids is 1. The molecule has 25 heavy (non-hydrogen) atoms. The molecule has 0 spiro atoms. The van der Waals surface area contributed by atoms with E-state index < -0.39 is 0 Å². The lowest BCUT2D eigenvalue weighted by Gasteiger charge is -2.40. The van der Waals surface area contributed by atoms with Crippen LogP contribution >= 0.6 is 15.9 Å². The van der Waals surface area contributed by atoms with Gasteiger partial charge in [-0.2, -0.15) is 0 Å². The summed E-state index contributed by atoms with van der Waals surface area (Å²) < 4.78 is 2.79. The van der Waals surface area contributed by atoms with E-state index >= 15 is 0 Å². The van der Waals surface area contributed by atoms with Gasteiger partial charge in [-0.15, -0.1) is 5.10 Å². The van der Waals surface area contributed by atoms with Crippen molar-refractivity contribution in [2.45, 2.75) is 19.0 Å². The van der Waals surface area contributed by atoms with Crippen LogP contribution in [0.25, 0.3) is 11.3 Å². The van der Waals surface area contributed by atoms with E-state index in [0.29, 0.717) is 0 Å². The number of hydrogen-bond donors (Lipinski definition) is 0. The molecule has 3 aromatic rings. The number of benzene rings is 2. The lowest BCUT2D eigenvalue weighted by atomic mass is 9.88.